The van der Waals surface area contributed by atoms with Gasteiger partial charge in [0.1, 0.15) is 16.5 Å². The zero-order valence-electron chi connectivity index (χ0n) is 16.5. The highest BCUT2D eigenvalue weighted by atomic mass is 32.2. The predicted octanol–water partition coefficient (Wildman–Crippen LogP) is 2.81. The normalized spacial score (nSPS) is 11.5. The van der Waals surface area contributed by atoms with Crippen molar-refractivity contribution in [3.63, 3.8) is 0 Å². The quantitative estimate of drug-likeness (QED) is 0.674. The number of sulfonamides is 1. The fourth-order valence-corrected chi connectivity index (χ4v) is 4.37. The van der Waals surface area contributed by atoms with Crippen LogP contribution in [-0.4, -0.2) is 50.8 Å². The van der Waals surface area contributed by atoms with Crippen LogP contribution in [0.2, 0.25) is 0 Å². The standard InChI is InChI=1S/C20H25FN2O4S/c1-5-23(28(25,26)19-12-15(2)10-11-18(19)27-4)14-20(24)22(3)13-16-8-6-7-9-17(16)21/h6-12H,5,13-14H2,1-4H3. The number of carbonyl (C=O) groups excluding carboxylic acids is 1. The number of halogens is 1. The first-order chi connectivity index (χ1) is 13.2. The Labute approximate surface area is 165 Å². The van der Waals surface area contributed by atoms with Crippen LogP contribution in [0.25, 0.3) is 0 Å². The maximum atomic E-state index is 13.8. The summed E-state index contributed by atoms with van der Waals surface area (Å²) in [4.78, 5) is 13.9. The molecule has 0 spiro atoms. The van der Waals surface area contributed by atoms with Crippen molar-refractivity contribution in [1.82, 2.24) is 9.21 Å². The van der Waals surface area contributed by atoms with Gasteiger partial charge < -0.3 is 9.64 Å². The largest absolute Gasteiger partial charge is 0.495 e. The third-order valence-corrected chi connectivity index (χ3v) is 6.33. The van der Waals surface area contributed by atoms with Crippen LogP contribution in [0.3, 0.4) is 0 Å². The van der Waals surface area contributed by atoms with Crippen molar-refractivity contribution < 1.29 is 22.3 Å². The lowest BCUT2D eigenvalue weighted by molar-refractivity contribution is -0.130. The van der Waals surface area contributed by atoms with Gasteiger partial charge in [-0.1, -0.05) is 31.2 Å². The highest BCUT2D eigenvalue weighted by Gasteiger charge is 2.29. The molecule has 0 N–H and O–H groups in total. The number of benzene rings is 2. The van der Waals surface area contributed by atoms with Crippen molar-refractivity contribution in [3.05, 3.63) is 59.4 Å². The third-order valence-electron chi connectivity index (χ3n) is 4.39. The second-order valence-electron chi connectivity index (χ2n) is 6.43. The zero-order chi connectivity index (χ0) is 20.9. The van der Waals surface area contributed by atoms with E-state index >= 15 is 0 Å². The molecule has 0 saturated carbocycles. The molecule has 28 heavy (non-hydrogen) atoms. The molecule has 0 saturated heterocycles. The van der Waals surface area contributed by atoms with Gasteiger partial charge in [0.05, 0.1) is 13.7 Å². The van der Waals surface area contributed by atoms with Gasteiger partial charge >= 0.3 is 0 Å². The second kappa shape index (κ2) is 9.16. The van der Waals surface area contributed by atoms with E-state index in [9.17, 15) is 17.6 Å². The molecule has 2 rings (SSSR count). The summed E-state index contributed by atoms with van der Waals surface area (Å²) >= 11 is 0. The maximum absolute atomic E-state index is 13.8. The molecule has 8 heteroatoms. The summed E-state index contributed by atoms with van der Waals surface area (Å²) < 4.78 is 46.2. The van der Waals surface area contributed by atoms with Crippen molar-refractivity contribution >= 4 is 15.9 Å². The lowest BCUT2D eigenvalue weighted by atomic mass is 10.2. The highest BCUT2D eigenvalue weighted by molar-refractivity contribution is 7.89. The van der Waals surface area contributed by atoms with Gasteiger partial charge in [-0.3, -0.25) is 4.79 Å². The summed E-state index contributed by atoms with van der Waals surface area (Å²) in [6.07, 6.45) is 0. The van der Waals surface area contributed by atoms with Crippen LogP contribution in [0, 0.1) is 12.7 Å². The van der Waals surface area contributed by atoms with E-state index in [2.05, 4.69) is 0 Å². The van der Waals surface area contributed by atoms with Crippen molar-refractivity contribution in [2.24, 2.45) is 0 Å². The van der Waals surface area contributed by atoms with Crippen LogP contribution in [0.1, 0.15) is 18.1 Å². The molecule has 0 fully saturated rings. The Kier molecular flexibility index (Phi) is 7.15. The van der Waals surface area contributed by atoms with E-state index in [1.54, 1.807) is 44.2 Å². The smallest absolute Gasteiger partial charge is 0.247 e. The van der Waals surface area contributed by atoms with Crippen LogP contribution in [0.4, 0.5) is 4.39 Å². The van der Waals surface area contributed by atoms with Crippen LogP contribution in [0.5, 0.6) is 5.75 Å². The minimum absolute atomic E-state index is 0.0152. The number of ether oxygens (including phenoxy) is 1. The minimum Gasteiger partial charge on any atom is -0.495 e. The second-order valence-corrected chi connectivity index (χ2v) is 8.33. The van der Waals surface area contributed by atoms with E-state index < -0.39 is 21.7 Å². The Morgan fingerprint density at radius 1 is 1.18 bits per heavy atom. The summed E-state index contributed by atoms with van der Waals surface area (Å²) in [5.74, 6) is -0.622. The molecule has 0 heterocycles. The number of hydrogen-bond acceptors (Lipinski definition) is 4. The summed E-state index contributed by atoms with van der Waals surface area (Å²) in [5.41, 5.74) is 1.13. The van der Waals surface area contributed by atoms with Crippen molar-refractivity contribution in [2.45, 2.75) is 25.3 Å². The van der Waals surface area contributed by atoms with Gasteiger partial charge in [0, 0.05) is 25.7 Å². The monoisotopic (exact) mass is 408 g/mol. The average Bonchev–Trinajstić information content (AvgIpc) is 2.67. The fourth-order valence-electron chi connectivity index (χ4n) is 2.73. The molecule has 0 aliphatic carbocycles. The first-order valence-corrected chi connectivity index (χ1v) is 10.3. The van der Waals surface area contributed by atoms with E-state index in [1.165, 1.54) is 31.2 Å². The lowest BCUT2D eigenvalue weighted by Crippen LogP contribution is -2.41. The SMILES string of the molecule is CCN(CC(=O)N(C)Cc1ccccc1F)S(=O)(=O)c1cc(C)ccc1OC. The van der Waals surface area contributed by atoms with E-state index in [1.807, 2.05) is 0 Å². The van der Waals surface area contributed by atoms with Gasteiger partial charge in [-0.15, -0.1) is 0 Å². The Balaban J connectivity index is 2.22. The fraction of sp³-hybridized carbons (Fsp3) is 0.350. The summed E-state index contributed by atoms with van der Waals surface area (Å²) in [5, 5.41) is 0. The van der Waals surface area contributed by atoms with Crippen LogP contribution in [-0.2, 0) is 21.4 Å². The van der Waals surface area contributed by atoms with Crippen molar-refractivity contribution in [1.29, 1.82) is 0 Å². The molecule has 0 radical (unpaired) electrons. The van der Waals surface area contributed by atoms with Gasteiger partial charge in [-0.05, 0) is 30.7 Å². The predicted molar refractivity (Wildman–Crippen MR) is 105 cm³/mol. The van der Waals surface area contributed by atoms with E-state index in [0.717, 1.165) is 9.87 Å². The maximum Gasteiger partial charge on any atom is 0.247 e. The van der Waals surface area contributed by atoms with Crippen LogP contribution >= 0.6 is 0 Å². The van der Waals surface area contributed by atoms with Crippen LogP contribution < -0.4 is 4.74 Å². The summed E-state index contributed by atoms with van der Waals surface area (Å²) in [6, 6.07) is 11.0. The Morgan fingerprint density at radius 2 is 1.86 bits per heavy atom. The zero-order valence-corrected chi connectivity index (χ0v) is 17.3. The van der Waals surface area contributed by atoms with Gasteiger partial charge in [0.2, 0.25) is 15.9 Å². The topological polar surface area (TPSA) is 66.9 Å². The summed E-state index contributed by atoms with van der Waals surface area (Å²) in [6.45, 7) is 3.25. The van der Waals surface area contributed by atoms with E-state index in [4.69, 9.17) is 4.74 Å². The summed E-state index contributed by atoms with van der Waals surface area (Å²) in [7, 11) is -1.03. The highest BCUT2D eigenvalue weighted by Crippen LogP contribution is 2.27. The van der Waals surface area contributed by atoms with Gasteiger partial charge in [0.25, 0.3) is 0 Å². The lowest BCUT2D eigenvalue weighted by Gasteiger charge is -2.24. The number of nitrogens with zero attached hydrogens (tertiary/aromatic N) is 2. The number of hydrogen-bond donors (Lipinski definition) is 0. The third kappa shape index (κ3) is 4.88. The Hall–Kier alpha value is -2.45. The molecule has 0 atom stereocenters. The van der Waals surface area contributed by atoms with E-state index in [0.29, 0.717) is 5.56 Å². The molecular formula is C20H25FN2O4S. The minimum atomic E-state index is -3.94. The first kappa shape index (κ1) is 21.8. The first-order valence-electron chi connectivity index (χ1n) is 8.82. The van der Waals surface area contributed by atoms with Gasteiger partial charge in [-0.25, -0.2) is 12.8 Å². The number of rotatable bonds is 8. The number of aryl methyl sites for hydroxylation is 1. The Morgan fingerprint density at radius 3 is 2.46 bits per heavy atom. The molecular weight excluding hydrogens is 383 g/mol. The number of methoxy groups -OCH3 is 1. The molecule has 2 aromatic rings. The molecule has 0 aliphatic rings. The Bertz CT molecular complexity index is 947. The van der Waals surface area contributed by atoms with Gasteiger partial charge in [-0.2, -0.15) is 4.31 Å². The van der Waals surface area contributed by atoms with Crippen LogP contribution in [0.15, 0.2) is 47.4 Å². The molecule has 0 aromatic heterocycles. The molecule has 152 valence electrons. The van der Waals surface area contributed by atoms with Crippen molar-refractivity contribution in [2.75, 3.05) is 27.2 Å². The average molecular weight is 408 g/mol. The van der Waals surface area contributed by atoms with Crippen molar-refractivity contribution in [3.8, 4) is 5.75 Å². The van der Waals surface area contributed by atoms with E-state index in [-0.39, 0.29) is 30.3 Å². The number of likely N-dealkylation sites (N-methyl/N-ethyl adjacent to an activating group) is 2. The molecule has 0 unspecified atom stereocenters. The molecule has 0 bridgehead atoms. The number of carbonyl (C=O) groups is 1. The molecule has 1 amide bonds. The molecule has 2 aromatic carbocycles. The molecule has 6 nitrogen and oxygen atoms in total. The number of amides is 1. The molecule has 0 aliphatic heterocycles. The van der Waals surface area contributed by atoms with Gasteiger partial charge in [0.15, 0.2) is 0 Å².